The standard InChI is InChI=1S/C20H27N3O4S/c1-12-6-5-7-17(13(12)2)21-18(24)11-28-20-23-22-19(27-20)14-8-15(25-3)10-16(9-14)26-4/h8-10,12-13,17H,5-7,11H2,1-4H3,(H,21,24)/t12-,13-,17+/m1/s1. The highest BCUT2D eigenvalue weighted by Crippen LogP contribution is 2.31. The molecular formula is C20H27N3O4S. The summed E-state index contributed by atoms with van der Waals surface area (Å²) in [4.78, 5) is 12.3. The molecule has 0 bridgehead atoms. The molecule has 1 aromatic heterocycles. The van der Waals surface area contributed by atoms with Gasteiger partial charge >= 0.3 is 0 Å². The van der Waals surface area contributed by atoms with Gasteiger partial charge in [-0.1, -0.05) is 38.5 Å². The highest BCUT2D eigenvalue weighted by Gasteiger charge is 2.28. The predicted molar refractivity (Wildman–Crippen MR) is 108 cm³/mol. The van der Waals surface area contributed by atoms with Crippen LogP contribution in [0.3, 0.4) is 0 Å². The number of rotatable bonds is 7. The molecule has 1 heterocycles. The minimum atomic E-state index is -0.00116. The third-order valence-electron chi connectivity index (χ3n) is 5.38. The first-order chi connectivity index (χ1) is 13.5. The Morgan fingerprint density at radius 1 is 1.18 bits per heavy atom. The molecule has 1 aromatic carbocycles. The molecule has 1 fully saturated rings. The van der Waals surface area contributed by atoms with Crippen molar-refractivity contribution in [3.63, 3.8) is 0 Å². The van der Waals surface area contributed by atoms with Crippen molar-refractivity contribution < 1.29 is 18.7 Å². The lowest BCUT2D eigenvalue weighted by molar-refractivity contribution is -0.120. The highest BCUT2D eigenvalue weighted by molar-refractivity contribution is 7.99. The Bertz CT molecular complexity index is 788. The van der Waals surface area contributed by atoms with Crippen molar-refractivity contribution >= 4 is 17.7 Å². The minimum Gasteiger partial charge on any atom is -0.497 e. The number of methoxy groups -OCH3 is 2. The third kappa shape index (κ3) is 4.98. The Kier molecular flexibility index (Phi) is 6.83. The minimum absolute atomic E-state index is 0.00116. The van der Waals surface area contributed by atoms with Crippen LogP contribution in [-0.2, 0) is 4.79 Å². The average molecular weight is 406 g/mol. The van der Waals surface area contributed by atoms with Gasteiger partial charge in [-0.15, -0.1) is 10.2 Å². The number of thioether (sulfide) groups is 1. The average Bonchev–Trinajstić information content (AvgIpc) is 3.18. The fourth-order valence-corrected chi connectivity index (χ4v) is 4.05. The Morgan fingerprint density at radius 3 is 2.57 bits per heavy atom. The van der Waals surface area contributed by atoms with Crippen LogP contribution in [0, 0.1) is 11.8 Å². The summed E-state index contributed by atoms with van der Waals surface area (Å²) in [5, 5.41) is 11.6. The van der Waals surface area contributed by atoms with Crippen LogP contribution < -0.4 is 14.8 Å². The third-order valence-corrected chi connectivity index (χ3v) is 6.20. The van der Waals surface area contributed by atoms with E-state index < -0.39 is 0 Å². The number of nitrogens with one attached hydrogen (secondary N) is 1. The van der Waals surface area contributed by atoms with E-state index in [9.17, 15) is 4.79 Å². The summed E-state index contributed by atoms with van der Waals surface area (Å²) in [5.41, 5.74) is 0.699. The molecule has 1 saturated carbocycles. The first-order valence-corrected chi connectivity index (χ1v) is 10.5. The maximum atomic E-state index is 12.3. The molecule has 0 spiro atoms. The fourth-order valence-electron chi connectivity index (χ4n) is 3.48. The molecule has 0 radical (unpaired) electrons. The largest absolute Gasteiger partial charge is 0.497 e. The zero-order valence-electron chi connectivity index (χ0n) is 16.7. The van der Waals surface area contributed by atoms with Gasteiger partial charge in [0.2, 0.25) is 11.8 Å². The van der Waals surface area contributed by atoms with Crippen LogP contribution in [0.25, 0.3) is 11.5 Å². The molecule has 7 nitrogen and oxygen atoms in total. The van der Waals surface area contributed by atoms with E-state index in [0.717, 1.165) is 6.42 Å². The van der Waals surface area contributed by atoms with Crippen LogP contribution >= 0.6 is 11.8 Å². The van der Waals surface area contributed by atoms with Crippen molar-refractivity contribution in [2.45, 2.75) is 44.4 Å². The van der Waals surface area contributed by atoms with E-state index in [1.807, 2.05) is 0 Å². The van der Waals surface area contributed by atoms with Gasteiger partial charge in [-0.25, -0.2) is 0 Å². The zero-order chi connectivity index (χ0) is 20.1. The number of carbonyl (C=O) groups is 1. The maximum absolute atomic E-state index is 12.3. The van der Waals surface area contributed by atoms with Gasteiger partial charge in [-0.2, -0.15) is 0 Å². The van der Waals surface area contributed by atoms with Gasteiger partial charge in [0.05, 0.1) is 20.0 Å². The van der Waals surface area contributed by atoms with Crippen molar-refractivity contribution in [1.82, 2.24) is 15.5 Å². The van der Waals surface area contributed by atoms with Crippen molar-refractivity contribution in [3.8, 4) is 23.0 Å². The summed E-state index contributed by atoms with van der Waals surface area (Å²) in [5.74, 6) is 3.02. The highest BCUT2D eigenvalue weighted by atomic mass is 32.2. The van der Waals surface area contributed by atoms with Crippen LogP contribution in [-0.4, -0.2) is 42.1 Å². The molecular weight excluding hydrogens is 378 g/mol. The number of carbonyl (C=O) groups excluding carboxylic acids is 1. The lowest BCUT2D eigenvalue weighted by Crippen LogP contribution is -2.44. The smallest absolute Gasteiger partial charge is 0.277 e. The van der Waals surface area contributed by atoms with Gasteiger partial charge in [-0.05, 0) is 30.4 Å². The van der Waals surface area contributed by atoms with Crippen LogP contribution in [0.5, 0.6) is 11.5 Å². The zero-order valence-corrected chi connectivity index (χ0v) is 17.5. The molecule has 2 aromatic rings. The molecule has 0 unspecified atom stereocenters. The Labute approximate surface area is 169 Å². The number of hydrogen-bond acceptors (Lipinski definition) is 7. The van der Waals surface area contributed by atoms with Crippen molar-refractivity contribution in [1.29, 1.82) is 0 Å². The van der Waals surface area contributed by atoms with Gasteiger partial charge in [0, 0.05) is 17.7 Å². The van der Waals surface area contributed by atoms with Crippen molar-refractivity contribution in [3.05, 3.63) is 18.2 Å². The number of nitrogens with zero attached hydrogens (tertiary/aromatic N) is 2. The molecule has 0 aliphatic heterocycles. The predicted octanol–water partition coefficient (Wildman–Crippen LogP) is 3.79. The first kappa shape index (κ1) is 20.5. The van der Waals surface area contributed by atoms with E-state index in [0.29, 0.717) is 40.0 Å². The van der Waals surface area contributed by atoms with E-state index in [1.54, 1.807) is 32.4 Å². The second-order valence-corrected chi connectivity index (χ2v) is 8.13. The molecule has 152 valence electrons. The number of amides is 1. The van der Waals surface area contributed by atoms with Crippen LogP contribution in [0.2, 0.25) is 0 Å². The second-order valence-electron chi connectivity index (χ2n) is 7.20. The maximum Gasteiger partial charge on any atom is 0.277 e. The van der Waals surface area contributed by atoms with Crippen LogP contribution in [0.1, 0.15) is 33.1 Å². The molecule has 3 atom stereocenters. The Balaban J connectivity index is 1.58. The number of hydrogen-bond donors (Lipinski definition) is 1. The van der Waals surface area contributed by atoms with E-state index in [1.165, 1.54) is 24.6 Å². The van der Waals surface area contributed by atoms with Crippen molar-refractivity contribution in [2.24, 2.45) is 11.8 Å². The van der Waals surface area contributed by atoms with Gasteiger partial charge in [0.25, 0.3) is 5.22 Å². The summed E-state index contributed by atoms with van der Waals surface area (Å²) < 4.78 is 16.2. The number of benzene rings is 1. The number of ether oxygens (including phenoxy) is 2. The topological polar surface area (TPSA) is 86.5 Å². The molecule has 1 amide bonds. The van der Waals surface area contributed by atoms with Gasteiger partial charge in [0.15, 0.2) is 0 Å². The van der Waals surface area contributed by atoms with Gasteiger partial charge in [0.1, 0.15) is 11.5 Å². The normalized spacial score (nSPS) is 21.9. The van der Waals surface area contributed by atoms with E-state index >= 15 is 0 Å². The van der Waals surface area contributed by atoms with Gasteiger partial charge in [-0.3, -0.25) is 4.79 Å². The second kappa shape index (κ2) is 9.32. The first-order valence-electron chi connectivity index (χ1n) is 9.49. The molecule has 0 saturated heterocycles. The Hall–Kier alpha value is -2.22. The lowest BCUT2D eigenvalue weighted by atomic mass is 9.78. The quantitative estimate of drug-likeness (QED) is 0.701. The lowest BCUT2D eigenvalue weighted by Gasteiger charge is -2.34. The summed E-state index contributed by atoms with van der Waals surface area (Å²) in [6.45, 7) is 4.47. The van der Waals surface area contributed by atoms with Crippen LogP contribution in [0.15, 0.2) is 27.8 Å². The molecule has 1 N–H and O–H groups in total. The van der Waals surface area contributed by atoms with Gasteiger partial charge < -0.3 is 19.2 Å². The van der Waals surface area contributed by atoms with E-state index in [-0.39, 0.29) is 17.7 Å². The monoisotopic (exact) mass is 405 g/mol. The summed E-state index contributed by atoms with van der Waals surface area (Å²) in [6.07, 6.45) is 3.45. The van der Waals surface area contributed by atoms with E-state index in [2.05, 4.69) is 29.4 Å². The summed E-state index contributed by atoms with van der Waals surface area (Å²) >= 11 is 1.24. The summed E-state index contributed by atoms with van der Waals surface area (Å²) in [7, 11) is 3.17. The molecule has 1 aliphatic carbocycles. The van der Waals surface area contributed by atoms with Crippen molar-refractivity contribution in [2.75, 3.05) is 20.0 Å². The number of aromatic nitrogens is 2. The molecule has 3 rings (SSSR count). The Morgan fingerprint density at radius 2 is 1.89 bits per heavy atom. The molecule has 28 heavy (non-hydrogen) atoms. The SMILES string of the molecule is COc1cc(OC)cc(-c2nnc(SCC(=O)N[C@H]3CCC[C@@H](C)[C@H]3C)o2)c1. The molecule has 8 heteroatoms. The van der Waals surface area contributed by atoms with E-state index in [4.69, 9.17) is 13.9 Å². The fraction of sp³-hybridized carbons (Fsp3) is 0.550. The summed E-state index contributed by atoms with van der Waals surface area (Å²) in [6, 6.07) is 5.61. The molecule has 1 aliphatic rings. The van der Waals surface area contributed by atoms with Crippen LogP contribution in [0.4, 0.5) is 0 Å².